The first-order valence-corrected chi connectivity index (χ1v) is 11.6. The van der Waals surface area contributed by atoms with Gasteiger partial charge in [0.1, 0.15) is 6.07 Å². The van der Waals surface area contributed by atoms with E-state index in [-0.39, 0.29) is 0 Å². The molecular formula is C25H26INS. The average Bonchev–Trinajstić information content (AvgIpc) is 2.69. The van der Waals surface area contributed by atoms with Gasteiger partial charge in [0.25, 0.3) is 0 Å². The van der Waals surface area contributed by atoms with Crippen LogP contribution in [0.15, 0.2) is 47.4 Å². The minimum absolute atomic E-state index is 0.762. The number of aryl methyl sites for hydroxylation is 4. The molecule has 0 unspecified atom stereocenters. The summed E-state index contributed by atoms with van der Waals surface area (Å²) in [6.45, 7) is 10.6. The molecule has 0 fully saturated rings. The molecule has 3 rings (SSSR count). The fourth-order valence-corrected chi connectivity index (χ4v) is 5.10. The Kier molecular flexibility index (Phi) is 7.06. The highest BCUT2D eigenvalue weighted by atomic mass is 127. The van der Waals surface area contributed by atoms with Crippen molar-refractivity contribution in [1.29, 1.82) is 5.26 Å². The van der Waals surface area contributed by atoms with Crippen molar-refractivity contribution < 1.29 is 0 Å². The van der Waals surface area contributed by atoms with Gasteiger partial charge in [0.05, 0.1) is 4.91 Å². The average molecular weight is 499 g/mol. The van der Waals surface area contributed by atoms with Gasteiger partial charge >= 0.3 is 0 Å². The van der Waals surface area contributed by atoms with E-state index >= 15 is 0 Å². The molecule has 0 aliphatic heterocycles. The molecule has 0 amide bonds. The lowest BCUT2D eigenvalue weighted by molar-refractivity contribution is 0.685. The number of halogens is 1. The second-order valence-corrected chi connectivity index (χ2v) is 9.91. The summed E-state index contributed by atoms with van der Waals surface area (Å²) in [6, 6.07) is 13.6. The van der Waals surface area contributed by atoms with Crippen molar-refractivity contribution in [2.24, 2.45) is 0 Å². The van der Waals surface area contributed by atoms with Gasteiger partial charge in [-0.2, -0.15) is 5.26 Å². The van der Waals surface area contributed by atoms with Gasteiger partial charge < -0.3 is 0 Å². The maximum absolute atomic E-state index is 9.76. The quantitative estimate of drug-likeness (QED) is 0.314. The van der Waals surface area contributed by atoms with Crippen molar-refractivity contribution in [2.75, 3.05) is 0 Å². The minimum atomic E-state index is 0.762. The van der Waals surface area contributed by atoms with Crippen molar-refractivity contribution in [1.82, 2.24) is 0 Å². The van der Waals surface area contributed by atoms with Crippen molar-refractivity contribution in [3.8, 4) is 6.07 Å². The Morgan fingerprint density at radius 2 is 1.82 bits per heavy atom. The molecule has 0 aromatic heterocycles. The topological polar surface area (TPSA) is 23.8 Å². The van der Waals surface area contributed by atoms with Crippen LogP contribution in [0.3, 0.4) is 0 Å². The van der Waals surface area contributed by atoms with E-state index in [4.69, 9.17) is 0 Å². The van der Waals surface area contributed by atoms with Gasteiger partial charge in [0, 0.05) is 8.48 Å². The third kappa shape index (κ3) is 4.90. The molecule has 1 aliphatic carbocycles. The Morgan fingerprint density at radius 3 is 2.54 bits per heavy atom. The molecule has 2 aromatic rings. The number of fused-ring (bicyclic) bond motifs is 1. The number of rotatable bonds is 5. The third-order valence-corrected chi connectivity index (χ3v) is 7.75. The normalized spacial score (nSPS) is 14.1. The maximum atomic E-state index is 9.76. The molecule has 0 atom stereocenters. The van der Waals surface area contributed by atoms with Crippen LogP contribution in [0.1, 0.15) is 53.1 Å². The second kappa shape index (κ2) is 9.33. The van der Waals surface area contributed by atoms with E-state index in [0.717, 1.165) is 33.8 Å². The molecule has 2 aromatic carbocycles. The molecule has 0 saturated carbocycles. The minimum Gasteiger partial charge on any atom is -0.192 e. The Morgan fingerprint density at radius 1 is 1.11 bits per heavy atom. The summed E-state index contributed by atoms with van der Waals surface area (Å²) >= 11 is 3.89. The summed E-state index contributed by atoms with van der Waals surface area (Å²) in [5.41, 5.74) is 9.05. The number of nitriles is 1. The van der Waals surface area contributed by atoms with Gasteiger partial charge in [-0.1, -0.05) is 42.6 Å². The van der Waals surface area contributed by atoms with E-state index in [0.29, 0.717) is 0 Å². The fraction of sp³-hybridized carbons (Fsp3) is 0.320. The number of thioether (sulfide) groups is 1. The summed E-state index contributed by atoms with van der Waals surface area (Å²) in [5.74, 6) is 0. The predicted molar refractivity (Wildman–Crippen MR) is 130 cm³/mol. The van der Waals surface area contributed by atoms with Crippen LogP contribution in [0, 0.1) is 28.7 Å². The van der Waals surface area contributed by atoms with Crippen LogP contribution in [-0.2, 0) is 19.3 Å². The number of benzene rings is 2. The van der Waals surface area contributed by atoms with Crippen LogP contribution in [0.5, 0.6) is 0 Å². The Balaban J connectivity index is 1.80. The van der Waals surface area contributed by atoms with Crippen LogP contribution in [-0.4, -0.2) is 0 Å². The largest absolute Gasteiger partial charge is 0.192 e. The zero-order chi connectivity index (χ0) is 20.3. The van der Waals surface area contributed by atoms with Crippen LogP contribution < -0.4 is 0 Å². The summed E-state index contributed by atoms with van der Waals surface area (Å²) in [5, 5.41) is 9.76. The standard InChI is InChI=1S/C25H26INS/c1-16-13-24(26)17(2)11-23(16)12-18(3)25(15-27)28-19(4)21-10-9-20-7-5-6-8-22(20)14-21/h9-11,13-14H,4-8,12H2,1-3H3/b25-18+. The predicted octanol–water partition coefficient (Wildman–Crippen LogP) is 7.53. The van der Waals surface area contributed by atoms with E-state index in [9.17, 15) is 5.26 Å². The van der Waals surface area contributed by atoms with Gasteiger partial charge in [-0.05, 0) is 120 Å². The van der Waals surface area contributed by atoms with Gasteiger partial charge in [0.15, 0.2) is 0 Å². The number of hydrogen-bond acceptors (Lipinski definition) is 2. The molecule has 28 heavy (non-hydrogen) atoms. The number of nitrogens with zero attached hydrogens (tertiary/aromatic N) is 1. The molecule has 0 saturated heterocycles. The van der Waals surface area contributed by atoms with Crippen molar-refractivity contribution in [2.45, 2.75) is 52.9 Å². The molecule has 144 valence electrons. The van der Waals surface area contributed by atoms with E-state index in [1.807, 2.05) is 0 Å². The van der Waals surface area contributed by atoms with E-state index in [1.165, 1.54) is 62.4 Å². The number of allylic oxidation sites excluding steroid dienone is 2. The smallest absolute Gasteiger partial charge is 0.106 e. The third-order valence-electron chi connectivity index (χ3n) is 5.46. The summed E-state index contributed by atoms with van der Waals surface area (Å²) in [7, 11) is 0. The molecule has 0 radical (unpaired) electrons. The monoisotopic (exact) mass is 499 g/mol. The molecule has 1 aliphatic rings. The van der Waals surface area contributed by atoms with Crippen LogP contribution >= 0.6 is 34.4 Å². The van der Waals surface area contributed by atoms with E-state index in [1.54, 1.807) is 0 Å². The fourth-order valence-electron chi connectivity index (χ4n) is 3.69. The van der Waals surface area contributed by atoms with Crippen molar-refractivity contribution in [3.63, 3.8) is 0 Å². The van der Waals surface area contributed by atoms with Crippen molar-refractivity contribution in [3.05, 3.63) is 84.3 Å². The first-order chi connectivity index (χ1) is 13.4. The van der Waals surface area contributed by atoms with Crippen LogP contribution in [0.25, 0.3) is 4.91 Å². The summed E-state index contributed by atoms with van der Waals surface area (Å²) < 4.78 is 1.29. The highest BCUT2D eigenvalue weighted by Crippen LogP contribution is 2.36. The lowest BCUT2D eigenvalue weighted by Crippen LogP contribution is -2.02. The van der Waals surface area contributed by atoms with E-state index < -0.39 is 0 Å². The molecule has 1 nitrogen and oxygen atoms in total. The first-order valence-electron chi connectivity index (χ1n) is 9.73. The Bertz CT molecular complexity index is 994. The maximum Gasteiger partial charge on any atom is 0.106 e. The van der Waals surface area contributed by atoms with Gasteiger partial charge in [0.2, 0.25) is 0 Å². The summed E-state index contributed by atoms with van der Waals surface area (Å²) in [4.78, 5) is 1.72. The van der Waals surface area contributed by atoms with Gasteiger partial charge in [-0.15, -0.1) is 0 Å². The number of hydrogen-bond donors (Lipinski definition) is 0. The molecule has 0 bridgehead atoms. The molecular weight excluding hydrogens is 473 g/mol. The SMILES string of the molecule is C=C(S/C(C#N)=C(\C)Cc1cc(C)c(I)cc1C)c1ccc2c(c1)CCCC2. The van der Waals surface area contributed by atoms with Crippen molar-refractivity contribution >= 4 is 39.3 Å². The Labute approximate surface area is 187 Å². The second-order valence-electron chi connectivity index (χ2n) is 7.64. The lowest BCUT2D eigenvalue weighted by Gasteiger charge is -2.17. The molecule has 0 N–H and O–H groups in total. The zero-order valence-electron chi connectivity index (χ0n) is 16.9. The van der Waals surface area contributed by atoms with Crippen LogP contribution in [0.2, 0.25) is 0 Å². The molecule has 0 heterocycles. The molecule has 0 spiro atoms. The van der Waals surface area contributed by atoms with Gasteiger partial charge in [-0.25, -0.2) is 0 Å². The Hall–Kier alpha value is -1.51. The highest BCUT2D eigenvalue weighted by molar-refractivity contribution is 14.1. The van der Waals surface area contributed by atoms with E-state index in [2.05, 4.69) is 86.3 Å². The molecule has 3 heteroatoms. The highest BCUT2D eigenvalue weighted by Gasteiger charge is 2.13. The van der Waals surface area contributed by atoms with Gasteiger partial charge in [-0.3, -0.25) is 0 Å². The first kappa shape index (κ1) is 21.2. The summed E-state index contributed by atoms with van der Waals surface area (Å²) in [6.07, 6.45) is 5.71. The van der Waals surface area contributed by atoms with Crippen LogP contribution in [0.4, 0.5) is 0 Å². The zero-order valence-corrected chi connectivity index (χ0v) is 19.8. The lowest BCUT2D eigenvalue weighted by atomic mass is 9.90.